The molecule has 0 spiro atoms. The Bertz CT molecular complexity index is 462. The van der Waals surface area contributed by atoms with E-state index in [9.17, 15) is 0 Å². The monoisotopic (exact) mass is 288 g/mol. The zero-order valence-electron chi connectivity index (χ0n) is 13.4. The van der Waals surface area contributed by atoms with Crippen LogP contribution in [0.5, 0.6) is 0 Å². The molecule has 0 amide bonds. The van der Waals surface area contributed by atoms with Crippen molar-refractivity contribution in [1.29, 1.82) is 0 Å². The molecule has 1 aromatic heterocycles. The fourth-order valence-corrected chi connectivity index (χ4v) is 3.67. The van der Waals surface area contributed by atoms with Crippen molar-refractivity contribution >= 4 is 5.82 Å². The second kappa shape index (κ2) is 6.75. The third-order valence-electron chi connectivity index (χ3n) is 4.87. The molecule has 3 heterocycles. The molecule has 2 aliphatic heterocycles. The van der Waals surface area contributed by atoms with Gasteiger partial charge in [-0.25, -0.2) is 4.98 Å². The average molecular weight is 288 g/mol. The summed E-state index contributed by atoms with van der Waals surface area (Å²) in [6, 6.07) is 5.67. The van der Waals surface area contributed by atoms with Gasteiger partial charge in [0.15, 0.2) is 0 Å². The van der Waals surface area contributed by atoms with E-state index in [1.54, 1.807) is 0 Å². The van der Waals surface area contributed by atoms with Crippen LogP contribution >= 0.6 is 0 Å². The fraction of sp³-hybridized carbons (Fsp3) is 0.706. The largest absolute Gasteiger partial charge is 0.351 e. The van der Waals surface area contributed by atoms with Gasteiger partial charge in [-0.1, -0.05) is 13.3 Å². The molecule has 2 saturated heterocycles. The number of hydrogen-bond donors (Lipinski definition) is 1. The van der Waals surface area contributed by atoms with Gasteiger partial charge in [-0.15, -0.1) is 0 Å². The Labute approximate surface area is 128 Å². The number of pyridine rings is 1. The van der Waals surface area contributed by atoms with Gasteiger partial charge in [-0.3, -0.25) is 4.90 Å². The summed E-state index contributed by atoms with van der Waals surface area (Å²) in [6.45, 7) is 10.0. The number of anilines is 1. The molecular formula is C17H28N4. The van der Waals surface area contributed by atoms with Gasteiger partial charge in [0.05, 0.1) is 0 Å². The number of hydrogen-bond acceptors (Lipinski definition) is 4. The lowest BCUT2D eigenvalue weighted by atomic mass is 9.97. The summed E-state index contributed by atoms with van der Waals surface area (Å²) >= 11 is 0. The van der Waals surface area contributed by atoms with Crippen molar-refractivity contribution in [3.05, 3.63) is 23.9 Å². The molecule has 2 fully saturated rings. The van der Waals surface area contributed by atoms with E-state index < -0.39 is 0 Å². The number of piperazine rings is 1. The number of piperidine rings is 1. The molecular weight excluding hydrogens is 260 g/mol. The summed E-state index contributed by atoms with van der Waals surface area (Å²) in [4.78, 5) is 9.84. The molecule has 4 heteroatoms. The van der Waals surface area contributed by atoms with Crippen LogP contribution in [0.25, 0.3) is 0 Å². The van der Waals surface area contributed by atoms with E-state index in [-0.39, 0.29) is 0 Å². The molecule has 116 valence electrons. The first-order valence-electron chi connectivity index (χ1n) is 8.44. The standard InChI is InChI=1S/C17H28N4/c1-3-18-11-15-7-8-19-17(10-15)21-13-16-6-4-5-9-20(16)12-14(21)2/h7-8,10,14,16,18H,3-6,9,11-13H2,1-2H3. The van der Waals surface area contributed by atoms with Gasteiger partial charge in [0.25, 0.3) is 0 Å². The predicted molar refractivity (Wildman–Crippen MR) is 87.6 cm³/mol. The van der Waals surface area contributed by atoms with E-state index in [0.29, 0.717) is 6.04 Å². The number of nitrogens with zero attached hydrogens (tertiary/aromatic N) is 3. The Morgan fingerprint density at radius 2 is 2.24 bits per heavy atom. The van der Waals surface area contributed by atoms with Crippen molar-refractivity contribution in [2.24, 2.45) is 0 Å². The smallest absolute Gasteiger partial charge is 0.129 e. The van der Waals surface area contributed by atoms with Crippen LogP contribution in [0.2, 0.25) is 0 Å². The molecule has 21 heavy (non-hydrogen) atoms. The van der Waals surface area contributed by atoms with E-state index in [1.807, 2.05) is 6.20 Å². The Morgan fingerprint density at radius 3 is 3.10 bits per heavy atom. The summed E-state index contributed by atoms with van der Waals surface area (Å²) in [5.41, 5.74) is 1.33. The van der Waals surface area contributed by atoms with Crippen LogP contribution in [0, 0.1) is 0 Å². The SMILES string of the molecule is CCNCc1ccnc(N2CC3CCCCN3CC2C)c1. The topological polar surface area (TPSA) is 31.4 Å². The fourth-order valence-electron chi connectivity index (χ4n) is 3.67. The third kappa shape index (κ3) is 3.38. The summed E-state index contributed by atoms with van der Waals surface area (Å²) in [5.74, 6) is 1.16. The van der Waals surface area contributed by atoms with Crippen molar-refractivity contribution in [2.45, 2.75) is 51.7 Å². The summed E-state index contributed by atoms with van der Waals surface area (Å²) in [5, 5.41) is 3.40. The average Bonchev–Trinajstić information content (AvgIpc) is 2.52. The van der Waals surface area contributed by atoms with E-state index in [4.69, 9.17) is 0 Å². The van der Waals surface area contributed by atoms with Crippen LogP contribution in [-0.4, -0.2) is 48.1 Å². The van der Waals surface area contributed by atoms with E-state index >= 15 is 0 Å². The van der Waals surface area contributed by atoms with Crippen molar-refractivity contribution in [3.63, 3.8) is 0 Å². The molecule has 2 unspecified atom stereocenters. The van der Waals surface area contributed by atoms with E-state index in [0.717, 1.165) is 31.5 Å². The molecule has 0 saturated carbocycles. The minimum absolute atomic E-state index is 0.557. The van der Waals surface area contributed by atoms with Gasteiger partial charge in [0.2, 0.25) is 0 Å². The summed E-state index contributed by atoms with van der Waals surface area (Å²) in [7, 11) is 0. The van der Waals surface area contributed by atoms with Gasteiger partial charge in [0, 0.05) is 37.9 Å². The van der Waals surface area contributed by atoms with Crippen LogP contribution in [0.1, 0.15) is 38.7 Å². The highest BCUT2D eigenvalue weighted by molar-refractivity contribution is 5.43. The normalized spacial score (nSPS) is 26.7. The van der Waals surface area contributed by atoms with Gasteiger partial charge in [-0.2, -0.15) is 0 Å². The zero-order valence-corrected chi connectivity index (χ0v) is 13.4. The first-order chi connectivity index (χ1) is 10.3. The van der Waals surface area contributed by atoms with Crippen LogP contribution in [0.15, 0.2) is 18.3 Å². The molecule has 0 bridgehead atoms. The minimum atomic E-state index is 0.557. The highest BCUT2D eigenvalue weighted by Gasteiger charge is 2.33. The molecule has 2 aliphatic rings. The lowest BCUT2D eigenvalue weighted by Crippen LogP contribution is -2.59. The van der Waals surface area contributed by atoms with Crippen molar-refractivity contribution in [2.75, 3.05) is 31.1 Å². The number of rotatable bonds is 4. The second-order valence-corrected chi connectivity index (χ2v) is 6.45. The quantitative estimate of drug-likeness (QED) is 0.921. The summed E-state index contributed by atoms with van der Waals surface area (Å²) < 4.78 is 0. The maximum Gasteiger partial charge on any atom is 0.129 e. The molecule has 0 aromatic carbocycles. The van der Waals surface area contributed by atoms with Crippen LogP contribution in [0.4, 0.5) is 5.82 Å². The minimum Gasteiger partial charge on any atom is -0.351 e. The molecule has 3 rings (SSSR count). The lowest BCUT2D eigenvalue weighted by Gasteiger charge is -2.48. The highest BCUT2D eigenvalue weighted by atomic mass is 15.3. The summed E-state index contributed by atoms with van der Waals surface area (Å²) in [6.07, 6.45) is 6.07. The van der Waals surface area contributed by atoms with Gasteiger partial charge >= 0.3 is 0 Å². The van der Waals surface area contributed by atoms with Crippen LogP contribution in [-0.2, 0) is 6.54 Å². The van der Waals surface area contributed by atoms with Crippen molar-refractivity contribution in [3.8, 4) is 0 Å². The molecule has 1 N–H and O–H groups in total. The van der Waals surface area contributed by atoms with Gasteiger partial charge < -0.3 is 10.2 Å². The molecule has 1 aromatic rings. The lowest BCUT2D eigenvalue weighted by molar-refractivity contribution is 0.115. The number of nitrogens with one attached hydrogen (secondary N) is 1. The zero-order chi connectivity index (χ0) is 14.7. The Kier molecular flexibility index (Phi) is 4.76. The maximum absolute atomic E-state index is 4.64. The molecule has 2 atom stereocenters. The predicted octanol–water partition coefficient (Wildman–Crippen LogP) is 2.25. The van der Waals surface area contributed by atoms with Crippen LogP contribution in [0.3, 0.4) is 0 Å². The Morgan fingerprint density at radius 1 is 1.33 bits per heavy atom. The van der Waals surface area contributed by atoms with Crippen LogP contribution < -0.4 is 10.2 Å². The Balaban J connectivity index is 1.73. The number of fused-ring (bicyclic) bond motifs is 1. The van der Waals surface area contributed by atoms with Gasteiger partial charge in [-0.05, 0) is 50.6 Å². The van der Waals surface area contributed by atoms with Gasteiger partial charge in [0.1, 0.15) is 5.82 Å². The third-order valence-corrected chi connectivity index (χ3v) is 4.87. The molecule has 0 aliphatic carbocycles. The molecule has 4 nitrogen and oxygen atoms in total. The van der Waals surface area contributed by atoms with E-state index in [2.05, 4.69) is 46.1 Å². The van der Waals surface area contributed by atoms with Crippen molar-refractivity contribution < 1.29 is 0 Å². The molecule has 0 radical (unpaired) electrons. The first kappa shape index (κ1) is 14.8. The van der Waals surface area contributed by atoms with Crippen molar-refractivity contribution in [1.82, 2.24) is 15.2 Å². The second-order valence-electron chi connectivity index (χ2n) is 6.45. The highest BCUT2D eigenvalue weighted by Crippen LogP contribution is 2.27. The maximum atomic E-state index is 4.64. The number of aromatic nitrogens is 1. The van der Waals surface area contributed by atoms with E-state index in [1.165, 1.54) is 37.9 Å². The Hall–Kier alpha value is -1.13. The first-order valence-corrected chi connectivity index (χ1v) is 8.44.